The van der Waals surface area contributed by atoms with E-state index in [0.717, 1.165) is 30.3 Å². The summed E-state index contributed by atoms with van der Waals surface area (Å²) in [5.74, 6) is 0.929. The van der Waals surface area contributed by atoms with Crippen LogP contribution in [0.3, 0.4) is 0 Å². The lowest BCUT2D eigenvalue weighted by atomic mass is 10.2. The van der Waals surface area contributed by atoms with Crippen LogP contribution in [-0.4, -0.2) is 21.1 Å². The largest absolute Gasteiger partial charge is 0.313 e. The monoisotopic (exact) mass is 230 g/mol. The second-order valence-corrected chi connectivity index (χ2v) is 4.09. The van der Waals surface area contributed by atoms with Crippen LogP contribution >= 0.6 is 0 Å². The number of hydrogen-bond acceptors (Lipinski definition) is 3. The van der Waals surface area contributed by atoms with Crippen molar-refractivity contribution in [1.29, 1.82) is 0 Å². The summed E-state index contributed by atoms with van der Waals surface area (Å²) >= 11 is 0. The van der Waals surface area contributed by atoms with Crippen LogP contribution in [0, 0.1) is 13.8 Å². The Bertz CT molecular complexity index is 502. The normalized spacial score (nSPS) is 10.8. The third-order valence-electron chi connectivity index (χ3n) is 2.89. The molecular formula is C13H18N4. The fourth-order valence-electron chi connectivity index (χ4n) is 1.70. The van der Waals surface area contributed by atoms with Crippen molar-refractivity contribution < 1.29 is 0 Å². The van der Waals surface area contributed by atoms with Crippen molar-refractivity contribution in [2.75, 3.05) is 6.54 Å². The minimum absolute atomic E-state index is 0.874. The van der Waals surface area contributed by atoms with Gasteiger partial charge in [-0.25, -0.2) is 9.97 Å². The van der Waals surface area contributed by atoms with E-state index in [-0.39, 0.29) is 0 Å². The Morgan fingerprint density at radius 1 is 1.29 bits per heavy atom. The van der Waals surface area contributed by atoms with Crippen LogP contribution in [-0.2, 0) is 6.54 Å². The average molecular weight is 230 g/mol. The maximum atomic E-state index is 4.39. The molecule has 0 saturated carbocycles. The quantitative estimate of drug-likeness (QED) is 0.873. The molecule has 0 radical (unpaired) electrons. The van der Waals surface area contributed by atoms with Gasteiger partial charge in [0.15, 0.2) is 0 Å². The van der Waals surface area contributed by atoms with E-state index in [2.05, 4.69) is 35.2 Å². The highest BCUT2D eigenvalue weighted by atomic mass is 15.1. The second kappa shape index (κ2) is 5.10. The summed E-state index contributed by atoms with van der Waals surface area (Å²) in [5.41, 5.74) is 3.42. The standard InChI is InChI=1S/C13H18N4/c1-4-14-8-12-5-6-15-13(7-12)17-9-16-10(2)11(17)3/h5-7,9,14H,4,8H2,1-3H3. The van der Waals surface area contributed by atoms with Crippen LogP contribution in [0.25, 0.3) is 5.82 Å². The van der Waals surface area contributed by atoms with E-state index >= 15 is 0 Å². The molecule has 2 rings (SSSR count). The molecule has 17 heavy (non-hydrogen) atoms. The zero-order chi connectivity index (χ0) is 12.3. The van der Waals surface area contributed by atoms with Gasteiger partial charge in [-0.15, -0.1) is 0 Å². The highest BCUT2D eigenvalue weighted by Gasteiger charge is 2.05. The summed E-state index contributed by atoms with van der Waals surface area (Å²) in [6, 6.07) is 4.13. The Morgan fingerprint density at radius 3 is 2.76 bits per heavy atom. The Kier molecular flexibility index (Phi) is 3.54. The van der Waals surface area contributed by atoms with Crippen molar-refractivity contribution in [3.05, 3.63) is 41.6 Å². The van der Waals surface area contributed by atoms with Crippen molar-refractivity contribution in [2.45, 2.75) is 27.3 Å². The van der Waals surface area contributed by atoms with E-state index < -0.39 is 0 Å². The molecule has 4 nitrogen and oxygen atoms in total. The topological polar surface area (TPSA) is 42.7 Å². The van der Waals surface area contributed by atoms with E-state index in [1.54, 1.807) is 0 Å². The molecule has 0 amide bonds. The molecule has 1 N–H and O–H groups in total. The molecule has 0 unspecified atom stereocenters. The van der Waals surface area contributed by atoms with Crippen LogP contribution in [0.5, 0.6) is 0 Å². The highest BCUT2D eigenvalue weighted by molar-refractivity contribution is 5.31. The van der Waals surface area contributed by atoms with Gasteiger partial charge in [-0.3, -0.25) is 4.57 Å². The average Bonchev–Trinajstić information content (AvgIpc) is 2.68. The maximum Gasteiger partial charge on any atom is 0.138 e. The zero-order valence-electron chi connectivity index (χ0n) is 10.6. The molecule has 4 heteroatoms. The third-order valence-corrected chi connectivity index (χ3v) is 2.89. The zero-order valence-corrected chi connectivity index (χ0v) is 10.6. The second-order valence-electron chi connectivity index (χ2n) is 4.09. The summed E-state index contributed by atoms with van der Waals surface area (Å²) in [4.78, 5) is 8.68. The van der Waals surface area contributed by atoms with Gasteiger partial charge in [-0.2, -0.15) is 0 Å². The van der Waals surface area contributed by atoms with E-state index in [4.69, 9.17) is 0 Å². The van der Waals surface area contributed by atoms with E-state index in [0.29, 0.717) is 0 Å². The number of aromatic nitrogens is 3. The maximum absolute atomic E-state index is 4.39. The molecule has 0 aliphatic heterocycles. The number of imidazole rings is 1. The number of aryl methyl sites for hydroxylation is 1. The molecule has 0 spiro atoms. The van der Waals surface area contributed by atoms with E-state index in [1.807, 2.05) is 30.1 Å². The molecule has 2 aromatic rings. The molecular weight excluding hydrogens is 212 g/mol. The lowest BCUT2D eigenvalue weighted by molar-refractivity contribution is 0.724. The number of rotatable bonds is 4. The van der Waals surface area contributed by atoms with Crippen molar-refractivity contribution in [1.82, 2.24) is 19.9 Å². The summed E-state index contributed by atoms with van der Waals surface area (Å²) in [6.45, 7) is 8.01. The van der Waals surface area contributed by atoms with Gasteiger partial charge in [0.2, 0.25) is 0 Å². The highest BCUT2D eigenvalue weighted by Crippen LogP contribution is 2.12. The first-order valence-corrected chi connectivity index (χ1v) is 5.89. The first-order chi connectivity index (χ1) is 8.22. The Labute approximate surface area is 102 Å². The van der Waals surface area contributed by atoms with Gasteiger partial charge >= 0.3 is 0 Å². The van der Waals surface area contributed by atoms with Gasteiger partial charge < -0.3 is 5.32 Å². The molecule has 0 aromatic carbocycles. The van der Waals surface area contributed by atoms with Crippen molar-refractivity contribution in [2.24, 2.45) is 0 Å². The smallest absolute Gasteiger partial charge is 0.138 e. The minimum atomic E-state index is 0.874. The van der Waals surface area contributed by atoms with Gasteiger partial charge in [-0.05, 0) is 38.1 Å². The van der Waals surface area contributed by atoms with Gasteiger partial charge in [0.25, 0.3) is 0 Å². The van der Waals surface area contributed by atoms with Crippen LogP contribution in [0.4, 0.5) is 0 Å². The predicted octanol–water partition coefficient (Wildman–Crippen LogP) is 1.99. The number of pyridine rings is 1. The molecule has 90 valence electrons. The Balaban J connectivity index is 2.30. The lowest BCUT2D eigenvalue weighted by Crippen LogP contribution is -2.12. The van der Waals surface area contributed by atoms with Gasteiger partial charge in [0.05, 0.1) is 5.69 Å². The Morgan fingerprint density at radius 2 is 2.12 bits per heavy atom. The van der Waals surface area contributed by atoms with Gasteiger partial charge in [0.1, 0.15) is 12.1 Å². The summed E-state index contributed by atoms with van der Waals surface area (Å²) in [5, 5.41) is 3.31. The SMILES string of the molecule is CCNCc1ccnc(-n2cnc(C)c2C)c1. The van der Waals surface area contributed by atoms with Crippen molar-refractivity contribution >= 4 is 0 Å². The fraction of sp³-hybridized carbons (Fsp3) is 0.385. The van der Waals surface area contributed by atoms with E-state index in [1.165, 1.54) is 5.56 Å². The molecule has 0 aliphatic rings. The molecule has 2 heterocycles. The fourth-order valence-corrected chi connectivity index (χ4v) is 1.70. The van der Waals surface area contributed by atoms with Crippen molar-refractivity contribution in [3.63, 3.8) is 0 Å². The molecule has 2 aromatic heterocycles. The molecule has 0 saturated heterocycles. The predicted molar refractivity (Wildman–Crippen MR) is 68.2 cm³/mol. The number of hydrogen-bond donors (Lipinski definition) is 1. The van der Waals surface area contributed by atoms with E-state index in [9.17, 15) is 0 Å². The van der Waals surface area contributed by atoms with Crippen LogP contribution in [0.2, 0.25) is 0 Å². The number of nitrogens with one attached hydrogen (secondary N) is 1. The summed E-state index contributed by atoms with van der Waals surface area (Å²) in [7, 11) is 0. The van der Waals surface area contributed by atoms with Crippen LogP contribution in [0.15, 0.2) is 24.7 Å². The number of nitrogens with zero attached hydrogens (tertiary/aromatic N) is 3. The first kappa shape index (κ1) is 11.8. The lowest BCUT2D eigenvalue weighted by Gasteiger charge is -2.07. The van der Waals surface area contributed by atoms with Gasteiger partial charge in [0, 0.05) is 18.4 Å². The minimum Gasteiger partial charge on any atom is -0.313 e. The molecule has 0 atom stereocenters. The van der Waals surface area contributed by atoms with Crippen molar-refractivity contribution in [3.8, 4) is 5.82 Å². The summed E-state index contributed by atoms with van der Waals surface area (Å²) in [6.07, 6.45) is 3.67. The molecule has 0 aliphatic carbocycles. The summed E-state index contributed by atoms with van der Waals surface area (Å²) < 4.78 is 2.02. The Hall–Kier alpha value is -1.68. The van der Waals surface area contributed by atoms with Crippen LogP contribution < -0.4 is 5.32 Å². The van der Waals surface area contributed by atoms with Crippen LogP contribution in [0.1, 0.15) is 23.9 Å². The first-order valence-electron chi connectivity index (χ1n) is 5.89. The van der Waals surface area contributed by atoms with Gasteiger partial charge in [-0.1, -0.05) is 6.92 Å². The third kappa shape index (κ3) is 2.53. The molecule has 0 bridgehead atoms. The molecule has 0 fully saturated rings.